The Morgan fingerprint density at radius 2 is 2.25 bits per heavy atom. The van der Waals surface area contributed by atoms with Crippen molar-refractivity contribution in [2.45, 2.75) is 26.7 Å². The van der Waals surface area contributed by atoms with Crippen molar-refractivity contribution >= 4 is 27.3 Å². The minimum atomic E-state index is 0.0592. The maximum Gasteiger partial charge on any atom is 0.216 e. The summed E-state index contributed by atoms with van der Waals surface area (Å²) in [7, 11) is 0. The highest BCUT2D eigenvalue weighted by Crippen LogP contribution is 2.27. The van der Waals surface area contributed by atoms with Crippen LogP contribution in [0.15, 0.2) is 6.20 Å². The van der Waals surface area contributed by atoms with Gasteiger partial charge in [0.1, 0.15) is 0 Å². The van der Waals surface area contributed by atoms with Crippen molar-refractivity contribution < 1.29 is 4.79 Å². The van der Waals surface area contributed by atoms with Gasteiger partial charge in [-0.25, -0.2) is 9.50 Å². The summed E-state index contributed by atoms with van der Waals surface area (Å²) in [6.07, 6.45) is 4.15. The smallest absolute Gasteiger partial charge is 0.216 e. The highest BCUT2D eigenvalue weighted by atomic mass is 32.1. The van der Waals surface area contributed by atoms with Gasteiger partial charge in [0.2, 0.25) is 16.0 Å². The SMILES string of the molecule is CC(=O)NCC1CCN(c2nn3cc(C)nc3s2)CC1. The number of aryl methyl sites for hydroxylation is 1. The third-order valence-electron chi connectivity index (χ3n) is 3.68. The van der Waals surface area contributed by atoms with Crippen LogP contribution in [0.3, 0.4) is 0 Å². The third-order valence-corrected chi connectivity index (χ3v) is 4.66. The van der Waals surface area contributed by atoms with Crippen LogP contribution >= 0.6 is 11.3 Å². The quantitative estimate of drug-likeness (QED) is 0.930. The minimum absolute atomic E-state index is 0.0592. The molecular formula is C13H19N5OS. The highest BCUT2D eigenvalue weighted by molar-refractivity contribution is 7.20. The lowest BCUT2D eigenvalue weighted by atomic mass is 9.97. The number of carbonyl (C=O) groups excluding carboxylic acids is 1. The second kappa shape index (κ2) is 5.40. The number of hydrogen-bond acceptors (Lipinski definition) is 5. The molecule has 1 aliphatic heterocycles. The Kier molecular flexibility index (Phi) is 3.60. The number of aromatic nitrogens is 3. The zero-order valence-corrected chi connectivity index (χ0v) is 12.6. The molecule has 2 aromatic heterocycles. The monoisotopic (exact) mass is 293 g/mol. The van der Waals surface area contributed by atoms with Gasteiger partial charge in [0.05, 0.1) is 11.9 Å². The normalized spacial score (nSPS) is 16.8. The van der Waals surface area contributed by atoms with E-state index >= 15 is 0 Å². The number of nitrogens with zero attached hydrogens (tertiary/aromatic N) is 4. The molecule has 108 valence electrons. The van der Waals surface area contributed by atoms with Crippen LogP contribution in [0.2, 0.25) is 0 Å². The maximum absolute atomic E-state index is 10.9. The molecule has 0 aromatic carbocycles. The van der Waals surface area contributed by atoms with E-state index in [9.17, 15) is 4.79 Å². The summed E-state index contributed by atoms with van der Waals surface area (Å²) in [6, 6.07) is 0. The number of piperidine rings is 1. The van der Waals surface area contributed by atoms with Crippen molar-refractivity contribution in [2.75, 3.05) is 24.5 Å². The Morgan fingerprint density at radius 1 is 1.50 bits per heavy atom. The number of rotatable bonds is 3. The van der Waals surface area contributed by atoms with Gasteiger partial charge in [0.15, 0.2) is 0 Å². The Morgan fingerprint density at radius 3 is 2.90 bits per heavy atom. The molecule has 3 rings (SSSR count). The highest BCUT2D eigenvalue weighted by Gasteiger charge is 2.22. The fourth-order valence-electron chi connectivity index (χ4n) is 2.54. The number of hydrogen-bond donors (Lipinski definition) is 1. The molecule has 0 aliphatic carbocycles. The average Bonchev–Trinajstić information content (AvgIpc) is 2.94. The summed E-state index contributed by atoms with van der Waals surface area (Å²) in [5.41, 5.74) is 1.00. The standard InChI is InChI=1S/C13H19N5OS/c1-9-8-18-12(15-9)20-13(16-18)17-5-3-11(4-6-17)7-14-10(2)19/h8,11H,3-7H2,1-2H3,(H,14,19). The van der Waals surface area contributed by atoms with Gasteiger partial charge >= 0.3 is 0 Å². The van der Waals surface area contributed by atoms with E-state index in [1.165, 1.54) is 0 Å². The number of amides is 1. The average molecular weight is 293 g/mol. The molecule has 0 bridgehead atoms. The summed E-state index contributed by atoms with van der Waals surface area (Å²) in [5, 5.41) is 8.54. The van der Waals surface area contributed by atoms with Crippen LogP contribution in [-0.4, -0.2) is 40.1 Å². The molecule has 6 nitrogen and oxygen atoms in total. The molecule has 20 heavy (non-hydrogen) atoms. The lowest BCUT2D eigenvalue weighted by molar-refractivity contribution is -0.119. The van der Waals surface area contributed by atoms with E-state index in [4.69, 9.17) is 0 Å². The molecule has 1 fully saturated rings. The van der Waals surface area contributed by atoms with Crippen molar-refractivity contribution in [3.05, 3.63) is 11.9 Å². The first kappa shape index (κ1) is 13.4. The van der Waals surface area contributed by atoms with E-state index in [0.717, 1.165) is 48.3 Å². The molecule has 1 saturated heterocycles. The Balaban J connectivity index is 1.59. The summed E-state index contributed by atoms with van der Waals surface area (Å²) in [5.74, 6) is 0.644. The molecule has 0 radical (unpaired) electrons. The van der Waals surface area contributed by atoms with Gasteiger partial charge in [-0.05, 0) is 25.7 Å². The molecule has 1 N–H and O–H groups in total. The molecular weight excluding hydrogens is 274 g/mol. The Hall–Kier alpha value is -1.63. The molecule has 0 unspecified atom stereocenters. The molecule has 1 amide bonds. The van der Waals surface area contributed by atoms with Crippen LogP contribution in [-0.2, 0) is 4.79 Å². The van der Waals surface area contributed by atoms with E-state index in [1.807, 2.05) is 17.6 Å². The molecule has 1 aliphatic rings. The second-order valence-electron chi connectivity index (χ2n) is 5.36. The van der Waals surface area contributed by atoms with Gasteiger partial charge in [-0.3, -0.25) is 4.79 Å². The third kappa shape index (κ3) is 2.77. The Labute approximate surface area is 121 Å². The van der Waals surface area contributed by atoms with Crippen LogP contribution < -0.4 is 10.2 Å². The largest absolute Gasteiger partial charge is 0.356 e. The van der Waals surface area contributed by atoms with Crippen LogP contribution in [0.25, 0.3) is 4.96 Å². The van der Waals surface area contributed by atoms with Crippen LogP contribution in [0, 0.1) is 12.8 Å². The summed E-state index contributed by atoms with van der Waals surface area (Å²) in [6.45, 7) is 6.35. The Bertz CT molecular complexity index is 580. The fraction of sp³-hybridized carbons (Fsp3) is 0.615. The number of imidazole rings is 1. The van der Waals surface area contributed by atoms with Gasteiger partial charge in [-0.1, -0.05) is 11.3 Å². The summed E-state index contributed by atoms with van der Waals surface area (Å²) >= 11 is 1.64. The van der Waals surface area contributed by atoms with Gasteiger partial charge < -0.3 is 10.2 Å². The van der Waals surface area contributed by atoms with Crippen molar-refractivity contribution in [1.29, 1.82) is 0 Å². The van der Waals surface area contributed by atoms with E-state index in [0.29, 0.717) is 5.92 Å². The van der Waals surface area contributed by atoms with Crippen molar-refractivity contribution in [2.24, 2.45) is 5.92 Å². The van der Waals surface area contributed by atoms with Gasteiger partial charge in [-0.15, -0.1) is 5.10 Å². The van der Waals surface area contributed by atoms with E-state index in [-0.39, 0.29) is 5.91 Å². The number of anilines is 1. The first-order valence-corrected chi connectivity index (χ1v) is 7.75. The predicted octanol–water partition coefficient (Wildman–Crippen LogP) is 1.45. The maximum atomic E-state index is 10.9. The lowest BCUT2D eigenvalue weighted by Gasteiger charge is -2.31. The van der Waals surface area contributed by atoms with Crippen molar-refractivity contribution in [1.82, 2.24) is 19.9 Å². The van der Waals surface area contributed by atoms with E-state index in [1.54, 1.807) is 18.3 Å². The van der Waals surface area contributed by atoms with E-state index in [2.05, 4.69) is 20.3 Å². The molecule has 0 atom stereocenters. The number of nitrogens with one attached hydrogen (secondary N) is 1. The number of carbonyl (C=O) groups is 1. The van der Waals surface area contributed by atoms with E-state index < -0.39 is 0 Å². The summed E-state index contributed by atoms with van der Waals surface area (Å²) < 4.78 is 1.86. The predicted molar refractivity (Wildman–Crippen MR) is 79.2 cm³/mol. The van der Waals surface area contributed by atoms with Crippen LogP contribution in [0.5, 0.6) is 0 Å². The van der Waals surface area contributed by atoms with Gasteiger partial charge in [0.25, 0.3) is 0 Å². The van der Waals surface area contributed by atoms with Crippen LogP contribution in [0.1, 0.15) is 25.5 Å². The lowest BCUT2D eigenvalue weighted by Crippen LogP contribution is -2.38. The van der Waals surface area contributed by atoms with Crippen LogP contribution in [0.4, 0.5) is 5.13 Å². The molecule has 7 heteroatoms. The zero-order chi connectivity index (χ0) is 14.1. The molecule has 2 aromatic rings. The molecule has 0 saturated carbocycles. The molecule has 3 heterocycles. The first-order chi connectivity index (χ1) is 9.61. The first-order valence-electron chi connectivity index (χ1n) is 6.94. The molecule has 0 spiro atoms. The van der Waals surface area contributed by atoms with Crippen molar-refractivity contribution in [3.63, 3.8) is 0 Å². The van der Waals surface area contributed by atoms with Gasteiger partial charge in [-0.2, -0.15) is 0 Å². The summed E-state index contributed by atoms with van der Waals surface area (Å²) in [4.78, 5) is 18.6. The number of fused-ring (bicyclic) bond motifs is 1. The topological polar surface area (TPSA) is 62.5 Å². The van der Waals surface area contributed by atoms with Crippen molar-refractivity contribution in [3.8, 4) is 0 Å². The fourth-order valence-corrected chi connectivity index (χ4v) is 3.52. The van der Waals surface area contributed by atoms with Gasteiger partial charge in [0, 0.05) is 26.6 Å². The minimum Gasteiger partial charge on any atom is -0.356 e. The second-order valence-corrected chi connectivity index (χ2v) is 6.30. The zero-order valence-electron chi connectivity index (χ0n) is 11.8.